The average molecular weight is 1640 g/mol. The minimum Gasteiger partial charge on any atom is -0.394 e. The van der Waals surface area contributed by atoms with E-state index in [0.29, 0.717) is 0 Å². The highest BCUT2D eigenvalue weighted by atomic mass is 32.3. The molecule has 39 unspecified atom stereocenters. The molecule has 7 fully saturated rings. The van der Waals surface area contributed by atoms with Gasteiger partial charge >= 0.3 is 20.8 Å². The predicted molar refractivity (Wildman–Crippen MR) is 334 cm³/mol. The van der Waals surface area contributed by atoms with Gasteiger partial charge in [0.05, 0.1) is 65.5 Å². The van der Waals surface area contributed by atoms with Gasteiger partial charge in [0, 0.05) is 27.7 Å². The van der Waals surface area contributed by atoms with Crippen LogP contribution in [0.3, 0.4) is 0 Å². The topological polar surface area (TPSA) is 798 Å². The molecule has 27 N–H and O–H groups in total. The number of hydrogen-bond donors (Lipinski definition) is 27. The first-order valence-corrected chi connectivity index (χ1v) is 36.1. The van der Waals surface area contributed by atoms with Crippen molar-refractivity contribution in [2.24, 2.45) is 0 Å². The number of ether oxygens (including phenoxy) is 14. The molecule has 0 radical (unpaired) electrons. The lowest BCUT2D eigenvalue weighted by Gasteiger charge is -2.50. The average Bonchev–Trinajstić information content (AvgIpc) is 0.775. The highest BCUT2D eigenvalue weighted by Gasteiger charge is 2.59. The number of carbonyl (C=O) groups excluding carboxylic acids is 4. The molecule has 0 aliphatic carbocycles. The minimum absolute atomic E-state index is 0.863. The Labute approximate surface area is 617 Å². The summed E-state index contributed by atoms with van der Waals surface area (Å²) in [5, 5.41) is 242. The van der Waals surface area contributed by atoms with Crippen molar-refractivity contribution in [3.63, 3.8) is 0 Å². The first-order chi connectivity index (χ1) is 51.0. The van der Waals surface area contributed by atoms with Crippen LogP contribution >= 0.6 is 0 Å². The second-order valence-electron chi connectivity index (χ2n) is 26.2. The fourth-order valence-corrected chi connectivity index (χ4v) is 13.4. The van der Waals surface area contributed by atoms with E-state index < -0.39 is 343 Å². The zero-order valence-corrected chi connectivity index (χ0v) is 59.4. The molecular formula is C56H96N4O47S2. The highest BCUT2D eigenvalue weighted by Crippen LogP contribution is 2.38. The van der Waals surface area contributed by atoms with Gasteiger partial charge in [0.25, 0.3) is 0 Å². The van der Waals surface area contributed by atoms with Gasteiger partial charge in [-0.15, -0.1) is 0 Å². The molecular weight excluding hydrogens is 1540 g/mol. The summed E-state index contributed by atoms with van der Waals surface area (Å²) < 4.78 is 154. The molecule has 0 spiro atoms. The minimum atomic E-state index is -5.28. The lowest BCUT2D eigenvalue weighted by Crippen LogP contribution is -2.70. The summed E-state index contributed by atoms with van der Waals surface area (Å²) in [6, 6.07) is -7.80. The highest BCUT2D eigenvalue weighted by molar-refractivity contribution is 7.81. The Morgan fingerprint density at radius 1 is 0.367 bits per heavy atom. The molecule has 109 heavy (non-hydrogen) atoms. The van der Waals surface area contributed by atoms with E-state index in [1.165, 1.54) is 0 Å². The smallest absolute Gasteiger partial charge is 0.394 e. The van der Waals surface area contributed by atoms with E-state index in [1.807, 2.05) is 0 Å². The molecule has 634 valence electrons. The molecule has 0 aromatic heterocycles. The number of carbonyl (C=O) groups is 4. The molecule has 7 aliphatic heterocycles. The van der Waals surface area contributed by atoms with Gasteiger partial charge in [-0.1, -0.05) is 0 Å². The molecule has 7 heterocycles. The predicted octanol–water partition coefficient (Wildman–Crippen LogP) is -18.6. The van der Waals surface area contributed by atoms with Gasteiger partial charge in [0.2, 0.25) is 23.6 Å². The van der Waals surface area contributed by atoms with Crippen LogP contribution < -0.4 is 21.3 Å². The van der Waals surface area contributed by atoms with Crippen LogP contribution in [0.1, 0.15) is 27.7 Å². The van der Waals surface area contributed by atoms with Crippen molar-refractivity contribution in [3.05, 3.63) is 0 Å². The quantitative estimate of drug-likeness (QED) is 0.0266. The summed E-state index contributed by atoms with van der Waals surface area (Å²) in [5.41, 5.74) is 0. The van der Waals surface area contributed by atoms with E-state index in [9.17, 15) is 148 Å². The van der Waals surface area contributed by atoms with Crippen molar-refractivity contribution >= 4 is 44.4 Å². The normalized spacial score (nSPS) is 42.9. The van der Waals surface area contributed by atoms with Crippen molar-refractivity contribution in [2.75, 3.05) is 59.5 Å². The van der Waals surface area contributed by atoms with E-state index in [-0.39, 0.29) is 0 Å². The van der Waals surface area contributed by atoms with E-state index in [0.717, 1.165) is 27.7 Å². The fraction of sp³-hybridized carbons (Fsp3) is 0.929. The van der Waals surface area contributed by atoms with Gasteiger partial charge in [-0.05, 0) is 0 Å². The molecule has 4 amide bonds. The van der Waals surface area contributed by atoms with Crippen LogP contribution in [-0.4, -0.2) is 455 Å². The van der Waals surface area contributed by atoms with Crippen LogP contribution in [0, 0.1) is 0 Å². The lowest BCUT2D eigenvalue weighted by molar-refractivity contribution is -0.375. The van der Waals surface area contributed by atoms with Crippen molar-refractivity contribution < 1.29 is 227 Å². The van der Waals surface area contributed by atoms with Crippen LogP contribution in [0.25, 0.3) is 0 Å². The standard InChI is InChI=1S/C56H96N4O47S2/c1-14(66)57-18(5-61)45(30(71)19(70)10-92-50-27(58-15(2)67)37(78)46(23(9-65)99-50)104-54-42(83)39(80)32(73)25(101-54)12-94-108(86,87)88)103-56-44(85)49(107-52-29(60-17(4)69)48(35(76)22(8-64)97-52)106-55-43(84)40(81)33(74)26(102-55)13-95-109(89,90)91)36(77)24(100-56)11-93-51-28(59-16(3)68)47(34(75)21(7-63)96-51)105-53-41(82)38(79)31(72)20(6-62)98-53/h18-56,61-65,70-85H,5-13H2,1-4H3,(H,57,66)(H,58,67)(H,59,68)(H,60,69)(H,86,87,88)(H,89,90,91). The van der Waals surface area contributed by atoms with Crippen LogP contribution in [0.2, 0.25) is 0 Å². The molecule has 7 aliphatic rings. The summed E-state index contributed by atoms with van der Waals surface area (Å²) in [7, 11) is -10.5. The summed E-state index contributed by atoms with van der Waals surface area (Å²) in [5.74, 6) is -3.96. The molecule has 0 saturated carbocycles. The lowest BCUT2D eigenvalue weighted by atomic mass is 9.94. The third-order valence-electron chi connectivity index (χ3n) is 18.3. The van der Waals surface area contributed by atoms with Gasteiger partial charge in [-0.2, -0.15) is 16.8 Å². The maximum Gasteiger partial charge on any atom is 0.397 e. The second-order valence-corrected chi connectivity index (χ2v) is 28.4. The molecule has 0 bridgehead atoms. The fourth-order valence-electron chi connectivity index (χ4n) is 12.8. The third-order valence-corrected chi connectivity index (χ3v) is 19.2. The SMILES string of the molecule is CC(=O)NC(CO)C(OC1OC(COC2OC(CO)C(O)C(OC3OC(CO)C(O)C(O)C3O)C2NC(C)=O)C(O)C(OC2OC(CO)C(O)C(OC3OC(COS(=O)(=O)O)C(O)C(O)C3O)C2NC(C)=O)C1O)C(O)C(O)COC1OC(CO)C(OC2OC(COS(=O)(=O)O)C(O)C(O)C2O)C(O)C1NC(C)=O. The van der Waals surface area contributed by atoms with Crippen molar-refractivity contribution in [3.8, 4) is 0 Å². The van der Waals surface area contributed by atoms with Crippen molar-refractivity contribution in [1.82, 2.24) is 21.3 Å². The summed E-state index contributed by atoms with van der Waals surface area (Å²) >= 11 is 0. The monoisotopic (exact) mass is 1640 g/mol. The van der Waals surface area contributed by atoms with Gasteiger partial charge in [0.15, 0.2) is 44.0 Å². The Kier molecular flexibility index (Phi) is 34.1. The Morgan fingerprint density at radius 2 is 0.716 bits per heavy atom. The van der Waals surface area contributed by atoms with E-state index in [4.69, 9.17) is 70.9 Å². The largest absolute Gasteiger partial charge is 0.397 e. The van der Waals surface area contributed by atoms with E-state index in [2.05, 4.69) is 29.6 Å². The molecule has 0 aromatic carbocycles. The number of amides is 4. The third kappa shape index (κ3) is 23.3. The molecule has 53 heteroatoms. The number of aliphatic hydroxyl groups excluding tert-OH is 21. The molecule has 51 nitrogen and oxygen atoms in total. The Balaban J connectivity index is 1.23. The van der Waals surface area contributed by atoms with Gasteiger partial charge in [-0.25, -0.2) is 8.37 Å². The first-order valence-electron chi connectivity index (χ1n) is 33.3. The zero-order chi connectivity index (χ0) is 81.3. The Morgan fingerprint density at radius 3 is 1.15 bits per heavy atom. The second kappa shape index (κ2) is 40.2. The van der Waals surface area contributed by atoms with Crippen LogP contribution in [0.15, 0.2) is 0 Å². The number of rotatable bonds is 34. The van der Waals surface area contributed by atoms with Crippen LogP contribution in [0.4, 0.5) is 0 Å². The summed E-state index contributed by atoms with van der Waals surface area (Å²) in [4.78, 5) is 51.6. The van der Waals surface area contributed by atoms with Crippen molar-refractivity contribution in [2.45, 2.75) is 267 Å². The first kappa shape index (κ1) is 92.4. The number of hydrogen-bond acceptors (Lipinski definition) is 45. The molecule has 7 rings (SSSR count). The number of aliphatic hydroxyl groups is 21. The Bertz CT molecular complexity index is 3130. The molecule has 7 saturated heterocycles. The maximum atomic E-state index is 13.1. The van der Waals surface area contributed by atoms with E-state index in [1.54, 1.807) is 0 Å². The van der Waals surface area contributed by atoms with Crippen molar-refractivity contribution in [1.29, 1.82) is 0 Å². The summed E-state index contributed by atoms with van der Waals surface area (Å²) in [6.07, 6.45) is -76.0. The van der Waals surface area contributed by atoms with Gasteiger partial charge in [-0.3, -0.25) is 28.3 Å². The zero-order valence-electron chi connectivity index (χ0n) is 57.8. The van der Waals surface area contributed by atoms with Gasteiger partial charge < -0.3 is 195 Å². The van der Waals surface area contributed by atoms with Crippen LogP contribution in [0.5, 0.6) is 0 Å². The Hall–Kier alpha value is -3.78. The molecule has 39 atom stereocenters. The van der Waals surface area contributed by atoms with E-state index >= 15 is 0 Å². The maximum absolute atomic E-state index is 13.1. The summed E-state index contributed by atoms with van der Waals surface area (Å²) in [6.45, 7) is -7.08. The van der Waals surface area contributed by atoms with Gasteiger partial charge in [0.1, 0.15) is 189 Å². The number of nitrogens with one attached hydrogen (secondary N) is 4. The van der Waals surface area contributed by atoms with Crippen LogP contribution in [-0.2, 0) is 115 Å². The molecule has 0 aromatic rings.